The van der Waals surface area contributed by atoms with Crippen molar-refractivity contribution >= 4 is 40.8 Å². The summed E-state index contributed by atoms with van der Waals surface area (Å²) >= 11 is 0. The van der Waals surface area contributed by atoms with E-state index in [1.165, 1.54) is 17.9 Å². The third-order valence-corrected chi connectivity index (χ3v) is 7.41. The van der Waals surface area contributed by atoms with Crippen molar-refractivity contribution < 1.29 is 33.1 Å². The van der Waals surface area contributed by atoms with Crippen LogP contribution in [0.2, 0.25) is 0 Å². The number of ether oxygens (including phenoxy) is 1. The second-order valence-corrected chi connectivity index (χ2v) is 10.7. The molecule has 0 bridgehead atoms. The largest absolute Gasteiger partial charge is 0.442 e. The number of amides is 3. The molecule has 2 aliphatic heterocycles. The Labute approximate surface area is 249 Å². The van der Waals surface area contributed by atoms with E-state index in [0.717, 1.165) is 5.56 Å². The van der Waals surface area contributed by atoms with Crippen LogP contribution in [0.15, 0.2) is 42.5 Å². The molecule has 4 N–H and O–H groups in total. The van der Waals surface area contributed by atoms with Gasteiger partial charge >= 0.3 is 6.09 Å². The summed E-state index contributed by atoms with van der Waals surface area (Å²) in [5, 5.41) is 5.30. The van der Waals surface area contributed by atoms with Crippen molar-refractivity contribution in [2.45, 2.75) is 39.0 Å². The van der Waals surface area contributed by atoms with Crippen molar-refractivity contribution in [1.82, 2.24) is 15.5 Å². The highest BCUT2D eigenvalue weighted by Crippen LogP contribution is 2.28. The van der Waals surface area contributed by atoms with E-state index in [4.69, 9.17) is 10.5 Å². The molecule has 0 aliphatic carbocycles. The molecule has 0 aromatic heterocycles. The molecule has 0 saturated carbocycles. The molecule has 230 valence electrons. The summed E-state index contributed by atoms with van der Waals surface area (Å²) in [5.41, 5.74) is 7.39. The SMILES string of the molecule is CC(=O)NC[C@H]1CN(c2ccc(N3CCN(CCC(=O)C(=O)c4ccc(CNC(=O)[C@H](C)N)cc4)CC3)c(F)c2)C(=O)O1. The lowest BCUT2D eigenvalue weighted by atomic mass is 10.0. The van der Waals surface area contributed by atoms with E-state index in [1.807, 2.05) is 4.90 Å². The minimum Gasteiger partial charge on any atom is -0.442 e. The van der Waals surface area contributed by atoms with Crippen LogP contribution in [0.25, 0.3) is 0 Å². The molecule has 2 fully saturated rings. The smallest absolute Gasteiger partial charge is 0.414 e. The zero-order chi connectivity index (χ0) is 31.1. The summed E-state index contributed by atoms with van der Waals surface area (Å²) in [6, 6.07) is 10.5. The van der Waals surface area contributed by atoms with Gasteiger partial charge in [0.05, 0.1) is 30.5 Å². The van der Waals surface area contributed by atoms with Crippen molar-refractivity contribution in [2.75, 3.05) is 55.6 Å². The molecular formula is C30H37FN6O6. The highest BCUT2D eigenvalue weighted by molar-refractivity contribution is 6.43. The fourth-order valence-electron chi connectivity index (χ4n) is 4.89. The molecule has 0 radical (unpaired) electrons. The first-order valence-electron chi connectivity index (χ1n) is 14.2. The number of carbonyl (C=O) groups is 5. The summed E-state index contributed by atoms with van der Waals surface area (Å²) in [6.45, 7) is 6.29. The highest BCUT2D eigenvalue weighted by Gasteiger charge is 2.33. The minimum absolute atomic E-state index is 0.0724. The van der Waals surface area contributed by atoms with Crippen molar-refractivity contribution in [3.63, 3.8) is 0 Å². The van der Waals surface area contributed by atoms with Crippen molar-refractivity contribution in [1.29, 1.82) is 0 Å². The zero-order valence-corrected chi connectivity index (χ0v) is 24.3. The Hall–Kier alpha value is -4.36. The Bertz CT molecular complexity index is 1360. The maximum atomic E-state index is 15.1. The number of halogens is 1. The monoisotopic (exact) mass is 596 g/mol. The van der Waals surface area contributed by atoms with Crippen LogP contribution in [0, 0.1) is 5.82 Å². The number of nitrogens with zero attached hydrogens (tertiary/aromatic N) is 3. The predicted octanol–water partition coefficient (Wildman–Crippen LogP) is 1.21. The predicted molar refractivity (Wildman–Crippen MR) is 157 cm³/mol. The first-order chi connectivity index (χ1) is 20.5. The summed E-state index contributed by atoms with van der Waals surface area (Å²) < 4.78 is 20.4. The molecule has 2 atom stereocenters. The average molecular weight is 597 g/mol. The van der Waals surface area contributed by atoms with Gasteiger partial charge in [-0.15, -0.1) is 0 Å². The topological polar surface area (TPSA) is 154 Å². The molecule has 2 aromatic carbocycles. The van der Waals surface area contributed by atoms with Gasteiger partial charge in [0.2, 0.25) is 23.4 Å². The van der Waals surface area contributed by atoms with Gasteiger partial charge in [0.25, 0.3) is 0 Å². The number of nitrogens with one attached hydrogen (secondary N) is 2. The summed E-state index contributed by atoms with van der Waals surface area (Å²) in [6.07, 6.45) is -1.03. The lowest BCUT2D eigenvalue weighted by Crippen LogP contribution is -2.47. The van der Waals surface area contributed by atoms with Crippen molar-refractivity contribution in [3.05, 3.63) is 59.4 Å². The van der Waals surface area contributed by atoms with Gasteiger partial charge in [0, 0.05) is 58.2 Å². The Morgan fingerprint density at radius 1 is 1.05 bits per heavy atom. The summed E-state index contributed by atoms with van der Waals surface area (Å²) in [7, 11) is 0. The second kappa shape index (κ2) is 14.2. The van der Waals surface area contributed by atoms with Crippen molar-refractivity contribution in [3.8, 4) is 0 Å². The van der Waals surface area contributed by atoms with Gasteiger partial charge in [0.15, 0.2) is 0 Å². The van der Waals surface area contributed by atoms with Crippen LogP contribution in [0.3, 0.4) is 0 Å². The van der Waals surface area contributed by atoms with Crippen LogP contribution in [-0.4, -0.2) is 92.3 Å². The first kappa shape index (κ1) is 31.6. The molecule has 4 rings (SSSR count). The molecule has 43 heavy (non-hydrogen) atoms. The van der Waals surface area contributed by atoms with E-state index in [-0.39, 0.29) is 37.9 Å². The number of hydrogen-bond donors (Lipinski definition) is 3. The van der Waals surface area contributed by atoms with E-state index in [0.29, 0.717) is 49.7 Å². The zero-order valence-electron chi connectivity index (χ0n) is 24.3. The minimum atomic E-state index is -0.615. The maximum Gasteiger partial charge on any atom is 0.414 e. The standard InChI is InChI=1S/C30H37FN6O6/c1-19(32)29(41)34-16-21-3-5-22(6-4-21)28(40)27(39)9-10-35-11-13-36(14-12-35)26-8-7-23(15-25(26)31)37-18-24(43-30(37)42)17-33-20(2)38/h3-8,15,19,24H,9-14,16-18,32H2,1-2H3,(H,33,38)(H,34,41)/t19-,24-/m0/s1. The van der Waals surface area contributed by atoms with Crippen molar-refractivity contribution in [2.24, 2.45) is 5.73 Å². The summed E-state index contributed by atoms with van der Waals surface area (Å²) in [5.74, 6) is -2.01. The molecule has 3 amide bonds. The first-order valence-corrected chi connectivity index (χ1v) is 14.2. The molecule has 2 heterocycles. The van der Waals surface area contributed by atoms with Crippen LogP contribution < -0.4 is 26.2 Å². The van der Waals surface area contributed by atoms with Crippen LogP contribution in [0.1, 0.15) is 36.2 Å². The Balaban J connectivity index is 1.22. The van der Waals surface area contributed by atoms with E-state index in [1.54, 1.807) is 43.3 Å². The molecule has 13 heteroatoms. The average Bonchev–Trinajstić information content (AvgIpc) is 3.38. The number of benzene rings is 2. The summed E-state index contributed by atoms with van der Waals surface area (Å²) in [4.78, 5) is 65.5. The number of rotatable bonds is 12. The van der Waals surface area contributed by atoms with Crippen LogP contribution in [0.5, 0.6) is 0 Å². The van der Waals surface area contributed by atoms with Crippen LogP contribution >= 0.6 is 0 Å². The van der Waals surface area contributed by atoms with Gasteiger partial charge in [-0.2, -0.15) is 0 Å². The number of nitrogens with two attached hydrogens (primary N) is 1. The fourth-order valence-corrected chi connectivity index (χ4v) is 4.89. The van der Waals surface area contributed by atoms with Gasteiger partial charge in [-0.3, -0.25) is 29.0 Å². The number of piperazine rings is 1. The van der Waals surface area contributed by atoms with Gasteiger partial charge in [-0.1, -0.05) is 24.3 Å². The van der Waals surface area contributed by atoms with Gasteiger partial charge in [0.1, 0.15) is 11.9 Å². The number of carbonyl (C=O) groups excluding carboxylic acids is 5. The Morgan fingerprint density at radius 2 is 1.74 bits per heavy atom. The lowest BCUT2D eigenvalue weighted by molar-refractivity contribution is -0.122. The quantitative estimate of drug-likeness (QED) is 0.242. The Kier molecular flexibility index (Phi) is 10.4. The van der Waals surface area contributed by atoms with E-state index in [2.05, 4.69) is 15.5 Å². The number of Topliss-reactive ketones (excluding diaryl/α,β-unsaturated/α-hetero) is 2. The van der Waals surface area contributed by atoms with Crippen LogP contribution in [-0.2, 0) is 25.7 Å². The third kappa shape index (κ3) is 8.36. The molecule has 12 nitrogen and oxygen atoms in total. The fraction of sp³-hybridized carbons (Fsp3) is 0.433. The molecule has 2 saturated heterocycles. The molecule has 0 unspecified atom stereocenters. The molecular weight excluding hydrogens is 559 g/mol. The van der Waals surface area contributed by atoms with Gasteiger partial charge in [-0.05, 0) is 30.7 Å². The molecule has 2 aromatic rings. The second-order valence-electron chi connectivity index (χ2n) is 10.7. The lowest BCUT2D eigenvalue weighted by Gasteiger charge is -2.36. The van der Waals surface area contributed by atoms with Gasteiger partial charge < -0.3 is 26.0 Å². The highest BCUT2D eigenvalue weighted by atomic mass is 19.1. The van der Waals surface area contributed by atoms with Crippen LogP contribution in [0.4, 0.5) is 20.6 Å². The molecule has 2 aliphatic rings. The number of hydrogen-bond acceptors (Lipinski definition) is 9. The van der Waals surface area contributed by atoms with Gasteiger partial charge in [-0.25, -0.2) is 9.18 Å². The Morgan fingerprint density at radius 3 is 2.37 bits per heavy atom. The third-order valence-electron chi connectivity index (χ3n) is 7.41. The number of ketones is 2. The normalized spacial score (nSPS) is 17.8. The maximum absolute atomic E-state index is 15.1. The van der Waals surface area contributed by atoms with E-state index < -0.39 is 35.6 Å². The molecule has 0 spiro atoms. The number of anilines is 2. The van der Waals surface area contributed by atoms with E-state index in [9.17, 15) is 24.0 Å². The van der Waals surface area contributed by atoms with E-state index >= 15 is 4.39 Å². The number of cyclic esters (lactones) is 1.